The first kappa shape index (κ1) is 39.0. The van der Waals surface area contributed by atoms with E-state index in [0.29, 0.717) is 24.4 Å². The van der Waals surface area contributed by atoms with Crippen LogP contribution in [0.2, 0.25) is 0 Å². The minimum atomic E-state index is -7.11. The molecular weight excluding hydrogens is 671 g/mol. The maximum Gasteiger partial charge on any atom is 0.527 e. The van der Waals surface area contributed by atoms with E-state index in [1.165, 1.54) is 18.5 Å². The van der Waals surface area contributed by atoms with Crippen molar-refractivity contribution in [3.63, 3.8) is 0 Å². The molecule has 0 aliphatic carbocycles. The van der Waals surface area contributed by atoms with Crippen molar-refractivity contribution >= 4 is 0 Å². The molecule has 1 aromatic carbocycles. The highest BCUT2D eigenvalue weighted by Crippen LogP contribution is 2.48. The number of aromatic nitrogens is 2. The molecule has 0 amide bonds. The molecule has 8 nitrogen and oxygen atoms in total. The number of alkyl halides is 13. The van der Waals surface area contributed by atoms with Crippen LogP contribution >= 0.6 is 0 Å². The van der Waals surface area contributed by atoms with Crippen LogP contribution < -0.4 is 9.47 Å². The summed E-state index contributed by atoms with van der Waals surface area (Å²) in [4.78, 5) is 8.24. The summed E-state index contributed by atoms with van der Waals surface area (Å²) in [6, 6.07) is 6.29. The number of nitrogens with zero attached hydrogens (tertiary/aromatic N) is 2. The molecule has 46 heavy (non-hydrogen) atoms. The van der Waals surface area contributed by atoms with E-state index in [-0.39, 0.29) is 24.5 Å². The van der Waals surface area contributed by atoms with Gasteiger partial charge in [0.25, 0.3) is 0 Å². The molecule has 0 saturated carbocycles. The number of ether oxygens (including phenoxy) is 6. The van der Waals surface area contributed by atoms with Crippen LogP contribution in [0.5, 0.6) is 11.5 Å². The van der Waals surface area contributed by atoms with Gasteiger partial charge < -0.3 is 14.2 Å². The summed E-state index contributed by atoms with van der Waals surface area (Å²) < 4.78 is 191. The van der Waals surface area contributed by atoms with Gasteiger partial charge in [0.1, 0.15) is 6.61 Å². The molecule has 2 rings (SSSR count). The second-order valence-electron chi connectivity index (χ2n) is 9.00. The predicted molar refractivity (Wildman–Crippen MR) is 127 cm³/mol. The zero-order valence-corrected chi connectivity index (χ0v) is 23.4. The van der Waals surface area contributed by atoms with E-state index in [4.69, 9.17) is 9.47 Å². The highest BCUT2D eigenvalue weighted by molar-refractivity contribution is 5.60. The average molecular weight is 696 g/mol. The Morgan fingerprint density at radius 2 is 1.15 bits per heavy atom. The zero-order valence-electron chi connectivity index (χ0n) is 23.4. The van der Waals surface area contributed by atoms with E-state index in [1.807, 2.05) is 6.92 Å². The summed E-state index contributed by atoms with van der Waals surface area (Å²) in [6.45, 7) is -0.838. The normalized spacial score (nSPS) is 13.6. The summed E-state index contributed by atoms with van der Waals surface area (Å²) in [5, 5.41) is 0. The van der Waals surface area contributed by atoms with Crippen LogP contribution in [0.1, 0.15) is 32.6 Å². The Hall–Kier alpha value is -3.17. The summed E-state index contributed by atoms with van der Waals surface area (Å²) in [6.07, 6.45) is -34.6. The molecule has 0 spiro atoms. The molecule has 0 N–H and O–H groups in total. The first-order valence-electron chi connectivity index (χ1n) is 12.9. The molecule has 0 aliphatic heterocycles. The van der Waals surface area contributed by atoms with E-state index in [2.05, 4.69) is 19.4 Å². The first-order valence-corrected chi connectivity index (χ1v) is 12.9. The zero-order chi connectivity index (χ0) is 34.9. The maximum absolute atomic E-state index is 13.7. The van der Waals surface area contributed by atoms with Gasteiger partial charge in [-0.25, -0.2) is 24.2 Å². The van der Waals surface area contributed by atoms with E-state index >= 15 is 0 Å². The molecule has 1 aromatic heterocycles. The fraction of sp³-hybridized carbons (Fsp3) is 0.600. The minimum absolute atomic E-state index is 0.203. The smallest absolute Gasteiger partial charge is 0.490 e. The molecule has 21 heteroatoms. The summed E-state index contributed by atoms with van der Waals surface area (Å²) >= 11 is 0. The van der Waals surface area contributed by atoms with Crippen LogP contribution in [0.4, 0.5) is 57.1 Å². The van der Waals surface area contributed by atoms with Gasteiger partial charge in [-0.2, -0.15) is 43.9 Å². The lowest BCUT2D eigenvalue weighted by Crippen LogP contribution is -2.57. The molecule has 0 aliphatic rings. The number of hydrogen-bond donors (Lipinski definition) is 0. The van der Waals surface area contributed by atoms with Crippen molar-refractivity contribution in [2.24, 2.45) is 0 Å². The van der Waals surface area contributed by atoms with E-state index < -0.39 is 50.1 Å². The molecule has 0 bridgehead atoms. The third kappa shape index (κ3) is 11.9. The van der Waals surface area contributed by atoms with Crippen LogP contribution in [0, 0.1) is 0 Å². The first-order chi connectivity index (χ1) is 21.1. The Labute approximate surface area is 251 Å². The second-order valence-corrected chi connectivity index (χ2v) is 9.00. The Balaban J connectivity index is 1.92. The average Bonchev–Trinajstić information content (AvgIpc) is 2.91. The van der Waals surface area contributed by atoms with Gasteiger partial charge in [0.2, 0.25) is 0 Å². The van der Waals surface area contributed by atoms with E-state index in [0.717, 1.165) is 12.8 Å². The Morgan fingerprint density at radius 3 is 1.74 bits per heavy atom. The van der Waals surface area contributed by atoms with Gasteiger partial charge in [0.05, 0.1) is 19.8 Å². The van der Waals surface area contributed by atoms with Crippen molar-refractivity contribution in [3.8, 4) is 22.9 Å². The quantitative estimate of drug-likeness (QED) is 0.102. The topological polar surface area (TPSA) is 81.2 Å². The lowest BCUT2D eigenvalue weighted by molar-refractivity contribution is -0.564. The summed E-state index contributed by atoms with van der Waals surface area (Å²) in [5.74, 6) is 0.858. The highest BCUT2D eigenvalue weighted by atomic mass is 19.4. The largest absolute Gasteiger partial charge is 0.527 e. The van der Waals surface area contributed by atoms with Gasteiger partial charge in [-0.05, 0) is 30.7 Å². The fourth-order valence-corrected chi connectivity index (χ4v) is 3.16. The third-order valence-corrected chi connectivity index (χ3v) is 5.19. The molecule has 0 fully saturated rings. The minimum Gasteiger partial charge on any atom is -0.490 e. The van der Waals surface area contributed by atoms with Crippen molar-refractivity contribution in [3.05, 3.63) is 36.7 Å². The molecule has 1 heterocycles. The Bertz CT molecular complexity index is 1220. The fourth-order valence-electron chi connectivity index (χ4n) is 3.16. The van der Waals surface area contributed by atoms with Crippen molar-refractivity contribution < 1.29 is 85.5 Å². The van der Waals surface area contributed by atoms with Crippen molar-refractivity contribution in [2.75, 3.05) is 26.4 Å². The number of benzene rings is 1. The number of rotatable bonds is 20. The number of unbranched alkanes of at least 4 members (excludes halogenated alkanes) is 2. The lowest BCUT2D eigenvalue weighted by atomic mass is 10.2. The molecule has 0 unspecified atom stereocenters. The van der Waals surface area contributed by atoms with Gasteiger partial charge in [0.15, 0.2) is 17.3 Å². The second kappa shape index (κ2) is 15.6. The van der Waals surface area contributed by atoms with Crippen LogP contribution in [0.25, 0.3) is 11.4 Å². The Kier molecular flexibility index (Phi) is 13.2. The van der Waals surface area contributed by atoms with Gasteiger partial charge >= 0.3 is 36.9 Å². The van der Waals surface area contributed by atoms with Gasteiger partial charge in [-0.3, -0.25) is 0 Å². The van der Waals surface area contributed by atoms with Crippen molar-refractivity contribution in [1.82, 2.24) is 9.97 Å². The molecule has 0 atom stereocenters. The van der Waals surface area contributed by atoms with Crippen molar-refractivity contribution in [2.45, 2.75) is 69.5 Å². The number of halogens is 13. The predicted octanol–water partition coefficient (Wildman–Crippen LogP) is 8.03. The monoisotopic (exact) mass is 696 g/mol. The van der Waals surface area contributed by atoms with Crippen LogP contribution in [-0.2, 0) is 18.9 Å². The van der Waals surface area contributed by atoms with E-state index in [1.54, 1.807) is 27.7 Å². The van der Waals surface area contributed by atoms with Gasteiger partial charge in [0, 0.05) is 24.4 Å². The lowest BCUT2D eigenvalue weighted by Gasteiger charge is -2.33. The third-order valence-electron chi connectivity index (χ3n) is 5.19. The summed E-state index contributed by atoms with van der Waals surface area (Å²) in [5.41, 5.74) is 0.573. The Morgan fingerprint density at radius 1 is 0.609 bits per heavy atom. The van der Waals surface area contributed by atoms with Gasteiger partial charge in [-0.1, -0.05) is 19.8 Å². The molecule has 262 valence electrons. The summed E-state index contributed by atoms with van der Waals surface area (Å²) in [7, 11) is 0. The molecule has 2 aromatic rings. The van der Waals surface area contributed by atoms with Gasteiger partial charge in [-0.15, -0.1) is 13.2 Å². The maximum atomic E-state index is 13.7. The van der Waals surface area contributed by atoms with Crippen LogP contribution in [-0.4, -0.2) is 73.3 Å². The molecular formula is C25H25F13N2O6. The highest BCUT2D eigenvalue weighted by Gasteiger charge is 2.74. The number of hydrogen-bond acceptors (Lipinski definition) is 8. The van der Waals surface area contributed by atoms with E-state index in [9.17, 15) is 57.1 Å². The molecule has 0 radical (unpaired) electrons. The molecule has 0 saturated heterocycles. The van der Waals surface area contributed by atoms with Crippen LogP contribution in [0.15, 0.2) is 36.7 Å². The van der Waals surface area contributed by atoms with Crippen molar-refractivity contribution in [1.29, 1.82) is 0 Å². The standard InChI is InChI=1S/C25H25F13N2O6/c1-2-3-4-12-43-18-14-16(19-39-9-5-10-40-19)7-8-17(18)42-13-6-11-41-15-20(26,27)44-21(28,29)22(30,31)45-23(32,33)24(34,35)46-25(36,37)38/h5,7-10,14H,2-4,6,11-13,15H2,1H3. The van der Waals surface area contributed by atoms with Crippen LogP contribution in [0.3, 0.4) is 0 Å². The SMILES string of the molecule is CCCCCOc1cc(-c2ncccn2)ccc1OCCCOCC(F)(F)OC(F)(F)C(F)(F)OC(F)(F)C(F)(F)OC(F)(F)F.